The van der Waals surface area contributed by atoms with Gasteiger partial charge < -0.3 is 11.1 Å². The number of likely N-dealkylation sites (tertiary alicyclic amines) is 1. The summed E-state index contributed by atoms with van der Waals surface area (Å²) in [6.45, 7) is 2.10. The number of carbonyl (C=O) groups excluding carboxylic acids is 1. The van der Waals surface area contributed by atoms with E-state index in [9.17, 15) is 9.18 Å². The van der Waals surface area contributed by atoms with Crippen molar-refractivity contribution in [1.29, 1.82) is 0 Å². The number of nitrogens with zero attached hydrogens (tertiary/aromatic N) is 1. The van der Waals surface area contributed by atoms with Gasteiger partial charge in [-0.2, -0.15) is 0 Å². The van der Waals surface area contributed by atoms with Crippen LogP contribution < -0.4 is 11.1 Å². The first-order valence-electron chi connectivity index (χ1n) is 7.26. The molecule has 3 rings (SSSR count). The van der Waals surface area contributed by atoms with Gasteiger partial charge in [-0.25, -0.2) is 4.39 Å². The molecule has 2 aliphatic rings. The molecule has 3 unspecified atom stereocenters. The highest BCUT2D eigenvalue weighted by atomic mass is 79.9. The Kier molecular flexibility index (Phi) is 5.82. The minimum absolute atomic E-state index is 0. The first-order valence-corrected chi connectivity index (χ1v) is 8.05. The predicted molar refractivity (Wildman–Crippen MR) is 90.6 cm³/mol. The Morgan fingerprint density at radius 2 is 2.18 bits per heavy atom. The van der Waals surface area contributed by atoms with E-state index in [-0.39, 0.29) is 30.0 Å². The van der Waals surface area contributed by atoms with Crippen molar-refractivity contribution in [3.63, 3.8) is 0 Å². The predicted octanol–water partition coefficient (Wildman–Crippen LogP) is 2.62. The van der Waals surface area contributed by atoms with Gasteiger partial charge in [0.15, 0.2) is 0 Å². The van der Waals surface area contributed by atoms with Crippen molar-refractivity contribution in [3.8, 4) is 0 Å². The number of benzene rings is 1. The van der Waals surface area contributed by atoms with Crippen molar-refractivity contribution in [3.05, 3.63) is 28.5 Å². The van der Waals surface area contributed by atoms with Crippen LogP contribution in [0.25, 0.3) is 0 Å². The Hall–Kier alpha value is -0.690. The lowest BCUT2D eigenvalue weighted by atomic mass is 9.98. The smallest absolute Gasteiger partial charge is 0.238 e. The van der Waals surface area contributed by atoms with E-state index in [1.54, 1.807) is 12.1 Å². The second kappa shape index (κ2) is 7.25. The van der Waals surface area contributed by atoms with Crippen LogP contribution in [0, 0.1) is 17.7 Å². The Bertz CT molecular complexity index is 560. The average Bonchev–Trinajstić information content (AvgIpc) is 2.95. The van der Waals surface area contributed by atoms with Gasteiger partial charge >= 0.3 is 0 Å². The van der Waals surface area contributed by atoms with E-state index in [1.165, 1.54) is 6.07 Å². The van der Waals surface area contributed by atoms with E-state index >= 15 is 0 Å². The lowest BCUT2D eigenvalue weighted by Crippen LogP contribution is -2.34. The van der Waals surface area contributed by atoms with Gasteiger partial charge in [0.2, 0.25) is 5.91 Å². The molecule has 122 valence electrons. The van der Waals surface area contributed by atoms with Gasteiger partial charge in [0.05, 0.1) is 12.2 Å². The Morgan fingerprint density at radius 3 is 2.86 bits per heavy atom. The van der Waals surface area contributed by atoms with Crippen LogP contribution in [-0.4, -0.2) is 36.5 Å². The minimum Gasteiger partial charge on any atom is -0.327 e. The highest BCUT2D eigenvalue weighted by Crippen LogP contribution is 2.36. The van der Waals surface area contributed by atoms with Crippen LogP contribution in [-0.2, 0) is 4.79 Å². The Balaban J connectivity index is 0.00000176. The number of rotatable bonds is 3. The summed E-state index contributed by atoms with van der Waals surface area (Å²) in [6, 6.07) is 4.88. The summed E-state index contributed by atoms with van der Waals surface area (Å²) in [5, 5.41) is 2.63. The van der Waals surface area contributed by atoms with E-state index in [0.29, 0.717) is 22.9 Å². The summed E-state index contributed by atoms with van der Waals surface area (Å²) in [5.74, 6) is 0.530. The summed E-state index contributed by atoms with van der Waals surface area (Å²) in [4.78, 5) is 14.2. The molecule has 0 bridgehead atoms. The zero-order chi connectivity index (χ0) is 15.0. The first-order chi connectivity index (χ1) is 10.0. The molecule has 1 amide bonds. The van der Waals surface area contributed by atoms with Crippen LogP contribution in [0.3, 0.4) is 0 Å². The SMILES string of the molecule is Cl.NC1CCC2CN(CC(=O)Nc3ccc(Br)cc3F)CC12. The summed E-state index contributed by atoms with van der Waals surface area (Å²) in [5.41, 5.74) is 6.31. The van der Waals surface area contributed by atoms with Crippen molar-refractivity contribution in [1.82, 2.24) is 4.90 Å². The summed E-state index contributed by atoms with van der Waals surface area (Å²) in [6.07, 6.45) is 2.25. The zero-order valence-electron chi connectivity index (χ0n) is 12.1. The topological polar surface area (TPSA) is 58.4 Å². The van der Waals surface area contributed by atoms with Gasteiger partial charge in [0, 0.05) is 23.6 Å². The monoisotopic (exact) mass is 391 g/mol. The van der Waals surface area contributed by atoms with Crippen molar-refractivity contribution in [2.24, 2.45) is 17.6 Å². The van der Waals surface area contributed by atoms with Crippen LogP contribution in [0.15, 0.2) is 22.7 Å². The molecule has 0 spiro atoms. The number of anilines is 1. The number of carbonyl (C=O) groups is 1. The molecule has 1 aliphatic carbocycles. The van der Waals surface area contributed by atoms with Crippen LogP contribution >= 0.6 is 28.3 Å². The molecule has 2 fully saturated rings. The van der Waals surface area contributed by atoms with E-state index in [1.807, 2.05) is 0 Å². The van der Waals surface area contributed by atoms with E-state index < -0.39 is 5.82 Å². The largest absolute Gasteiger partial charge is 0.327 e. The van der Waals surface area contributed by atoms with Gasteiger partial charge in [0.25, 0.3) is 0 Å². The van der Waals surface area contributed by atoms with Gasteiger partial charge in [-0.1, -0.05) is 15.9 Å². The molecule has 3 atom stereocenters. The Labute approximate surface area is 144 Å². The van der Waals surface area contributed by atoms with Crippen LogP contribution in [0.2, 0.25) is 0 Å². The van der Waals surface area contributed by atoms with Crippen molar-refractivity contribution >= 4 is 39.9 Å². The molecule has 1 saturated heterocycles. The summed E-state index contributed by atoms with van der Waals surface area (Å²) >= 11 is 3.19. The number of fused-ring (bicyclic) bond motifs is 1. The highest BCUT2D eigenvalue weighted by Gasteiger charge is 2.41. The highest BCUT2D eigenvalue weighted by molar-refractivity contribution is 9.10. The molecule has 1 aromatic carbocycles. The molecule has 0 aromatic heterocycles. The van der Waals surface area contributed by atoms with Crippen molar-refractivity contribution in [2.75, 3.05) is 25.0 Å². The lowest BCUT2D eigenvalue weighted by molar-refractivity contribution is -0.117. The second-order valence-corrected chi connectivity index (χ2v) is 6.95. The molecular weight excluding hydrogens is 373 g/mol. The molecule has 1 saturated carbocycles. The number of hydrogen-bond donors (Lipinski definition) is 2. The fourth-order valence-electron chi connectivity index (χ4n) is 3.51. The molecule has 1 aromatic rings. The van der Waals surface area contributed by atoms with Crippen molar-refractivity contribution in [2.45, 2.75) is 18.9 Å². The van der Waals surface area contributed by atoms with Crippen LogP contribution in [0.4, 0.5) is 10.1 Å². The molecule has 4 nitrogen and oxygen atoms in total. The summed E-state index contributed by atoms with van der Waals surface area (Å²) in [7, 11) is 0. The quantitative estimate of drug-likeness (QED) is 0.831. The van der Waals surface area contributed by atoms with Gasteiger partial charge in [0.1, 0.15) is 5.82 Å². The maximum absolute atomic E-state index is 13.7. The zero-order valence-corrected chi connectivity index (χ0v) is 14.5. The fraction of sp³-hybridized carbons (Fsp3) is 0.533. The normalized spacial score (nSPS) is 27.3. The molecule has 1 aliphatic heterocycles. The maximum atomic E-state index is 13.7. The van der Waals surface area contributed by atoms with Gasteiger partial charge in [-0.15, -0.1) is 12.4 Å². The molecule has 7 heteroatoms. The molecule has 22 heavy (non-hydrogen) atoms. The third-order valence-corrected chi connectivity index (χ3v) is 5.05. The third-order valence-electron chi connectivity index (χ3n) is 4.56. The van der Waals surface area contributed by atoms with E-state index in [0.717, 1.165) is 25.9 Å². The number of amides is 1. The first kappa shape index (κ1) is 17.7. The van der Waals surface area contributed by atoms with E-state index in [4.69, 9.17) is 5.73 Å². The number of halogens is 3. The van der Waals surface area contributed by atoms with E-state index in [2.05, 4.69) is 26.1 Å². The second-order valence-electron chi connectivity index (χ2n) is 6.03. The standard InChI is InChI=1S/C15H19BrFN3O.ClH/c16-10-2-4-14(12(17)5-10)19-15(21)8-20-6-9-1-3-13(18)11(9)7-20;/h2,4-5,9,11,13H,1,3,6-8,18H2,(H,19,21);1H. The van der Waals surface area contributed by atoms with Crippen LogP contribution in [0.1, 0.15) is 12.8 Å². The maximum Gasteiger partial charge on any atom is 0.238 e. The van der Waals surface area contributed by atoms with Crippen molar-refractivity contribution < 1.29 is 9.18 Å². The molecule has 0 radical (unpaired) electrons. The lowest BCUT2D eigenvalue weighted by Gasteiger charge is -2.18. The molecule has 1 heterocycles. The Morgan fingerprint density at radius 1 is 1.41 bits per heavy atom. The average molecular weight is 393 g/mol. The van der Waals surface area contributed by atoms with Crippen LogP contribution in [0.5, 0.6) is 0 Å². The fourth-order valence-corrected chi connectivity index (χ4v) is 3.85. The third kappa shape index (κ3) is 3.79. The van der Waals surface area contributed by atoms with Gasteiger partial charge in [-0.3, -0.25) is 9.69 Å². The minimum atomic E-state index is -0.432. The number of hydrogen-bond acceptors (Lipinski definition) is 3. The van der Waals surface area contributed by atoms with Gasteiger partial charge in [-0.05, 0) is 42.9 Å². The molecular formula is C15H20BrClFN3O. The number of nitrogens with one attached hydrogen (secondary N) is 1. The number of nitrogens with two attached hydrogens (primary N) is 1. The summed E-state index contributed by atoms with van der Waals surface area (Å²) < 4.78 is 14.3. The molecule has 3 N–H and O–H groups in total.